The predicted molar refractivity (Wildman–Crippen MR) is 111 cm³/mol. The van der Waals surface area contributed by atoms with Crippen LogP contribution in [0.5, 0.6) is 0 Å². The Balaban J connectivity index is 1.36. The van der Waals surface area contributed by atoms with E-state index in [1.165, 1.54) is 25.7 Å². The third-order valence-corrected chi connectivity index (χ3v) is 5.89. The van der Waals surface area contributed by atoms with Gasteiger partial charge in [-0.2, -0.15) is 0 Å². The van der Waals surface area contributed by atoms with Crippen molar-refractivity contribution in [1.29, 1.82) is 0 Å². The van der Waals surface area contributed by atoms with Crippen LogP contribution >= 0.6 is 11.3 Å². The van der Waals surface area contributed by atoms with Gasteiger partial charge in [0.15, 0.2) is 0 Å². The summed E-state index contributed by atoms with van der Waals surface area (Å²) in [5.74, 6) is 1.31. The smallest absolute Gasteiger partial charge is 0.211 e. The Morgan fingerprint density at radius 2 is 1.75 bits per heavy atom. The van der Waals surface area contributed by atoms with Crippen molar-refractivity contribution in [1.82, 2.24) is 25.1 Å². The number of fused-ring (bicyclic) bond motifs is 1. The summed E-state index contributed by atoms with van der Waals surface area (Å²) in [5, 5.41) is 17.2. The number of nitrogens with one attached hydrogen (secondary N) is 2. The molecule has 0 bridgehead atoms. The fraction of sp³-hybridized carbons (Fsp3) is 0.250. The van der Waals surface area contributed by atoms with Crippen LogP contribution in [0.3, 0.4) is 0 Å². The predicted octanol–water partition coefficient (Wildman–Crippen LogP) is 5.02. The molecule has 1 fully saturated rings. The number of rotatable bonds is 5. The molecule has 8 heteroatoms. The molecule has 0 amide bonds. The van der Waals surface area contributed by atoms with Crippen LogP contribution in [0.15, 0.2) is 48.9 Å². The van der Waals surface area contributed by atoms with Crippen molar-refractivity contribution in [3.63, 3.8) is 0 Å². The van der Waals surface area contributed by atoms with Crippen molar-refractivity contribution in [3.8, 4) is 0 Å². The van der Waals surface area contributed by atoms with Crippen LogP contribution in [-0.2, 0) is 0 Å². The van der Waals surface area contributed by atoms with Crippen molar-refractivity contribution >= 4 is 44.7 Å². The molecule has 0 radical (unpaired) electrons. The summed E-state index contributed by atoms with van der Waals surface area (Å²) >= 11 is 1.63. The van der Waals surface area contributed by atoms with Crippen LogP contribution in [0.1, 0.15) is 36.6 Å². The minimum Gasteiger partial charge on any atom is -0.354 e. The summed E-state index contributed by atoms with van der Waals surface area (Å²) in [6.45, 7) is 0. The maximum Gasteiger partial charge on any atom is 0.211 e. The van der Waals surface area contributed by atoms with E-state index in [4.69, 9.17) is 4.98 Å². The van der Waals surface area contributed by atoms with Gasteiger partial charge >= 0.3 is 0 Å². The van der Waals surface area contributed by atoms with E-state index in [0.717, 1.165) is 38.4 Å². The van der Waals surface area contributed by atoms with E-state index in [0.29, 0.717) is 5.92 Å². The van der Waals surface area contributed by atoms with Gasteiger partial charge in [-0.3, -0.25) is 9.97 Å². The molecular formula is C20H19N7S. The van der Waals surface area contributed by atoms with E-state index in [1.807, 2.05) is 30.3 Å². The maximum absolute atomic E-state index is 4.69. The van der Waals surface area contributed by atoms with Crippen LogP contribution in [0, 0.1) is 0 Å². The van der Waals surface area contributed by atoms with Crippen LogP contribution in [0.2, 0.25) is 0 Å². The van der Waals surface area contributed by atoms with Gasteiger partial charge in [-0.1, -0.05) is 24.2 Å². The van der Waals surface area contributed by atoms with Gasteiger partial charge in [0.1, 0.15) is 10.8 Å². The van der Waals surface area contributed by atoms with Crippen LogP contribution in [0.4, 0.5) is 22.3 Å². The van der Waals surface area contributed by atoms with Crippen molar-refractivity contribution < 1.29 is 0 Å². The Bertz CT molecular complexity index is 1090. The lowest BCUT2D eigenvalue weighted by Crippen LogP contribution is -1.96. The first-order valence-corrected chi connectivity index (χ1v) is 10.2. The highest BCUT2D eigenvalue weighted by molar-refractivity contribution is 7.15. The lowest BCUT2D eigenvalue weighted by Gasteiger charge is -2.07. The molecule has 0 aromatic carbocycles. The van der Waals surface area contributed by atoms with E-state index >= 15 is 0 Å². The van der Waals surface area contributed by atoms with Gasteiger partial charge in [0.25, 0.3) is 0 Å². The number of hydrogen-bond donors (Lipinski definition) is 2. The minimum atomic E-state index is 0.573. The molecule has 0 atom stereocenters. The van der Waals surface area contributed by atoms with Gasteiger partial charge in [-0.25, -0.2) is 4.98 Å². The first-order valence-electron chi connectivity index (χ1n) is 9.38. The number of aromatic nitrogens is 5. The largest absolute Gasteiger partial charge is 0.354 e. The molecule has 0 spiro atoms. The summed E-state index contributed by atoms with van der Waals surface area (Å²) in [6, 6.07) is 9.68. The van der Waals surface area contributed by atoms with Gasteiger partial charge in [-0.05, 0) is 43.2 Å². The summed E-state index contributed by atoms with van der Waals surface area (Å²) < 4.78 is 0. The second kappa shape index (κ2) is 7.47. The zero-order valence-corrected chi connectivity index (χ0v) is 16.0. The summed E-state index contributed by atoms with van der Waals surface area (Å²) in [7, 11) is 0. The third kappa shape index (κ3) is 3.63. The van der Waals surface area contributed by atoms with E-state index in [1.54, 1.807) is 29.9 Å². The zero-order chi connectivity index (χ0) is 18.8. The quantitative estimate of drug-likeness (QED) is 0.495. The number of hydrogen-bond acceptors (Lipinski definition) is 8. The Labute approximate surface area is 166 Å². The van der Waals surface area contributed by atoms with E-state index in [2.05, 4.69) is 30.8 Å². The Hall–Kier alpha value is -3.13. The monoisotopic (exact) mass is 389 g/mol. The van der Waals surface area contributed by atoms with Crippen molar-refractivity contribution in [2.24, 2.45) is 0 Å². The SMILES string of the molecule is c1cc(Nc2cnc3ccc(Nc4nnc(C5CCCC5)s4)nc3c2)ccn1. The highest BCUT2D eigenvalue weighted by atomic mass is 32.1. The van der Waals surface area contributed by atoms with Gasteiger partial charge in [-0.15, -0.1) is 10.2 Å². The van der Waals surface area contributed by atoms with Crippen molar-refractivity contribution in [2.75, 3.05) is 10.6 Å². The van der Waals surface area contributed by atoms with Crippen LogP contribution < -0.4 is 10.6 Å². The van der Waals surface area contributed by atoms with E-state index in [9.17, 15) is 0 Å². The molecule has 2 N–H and O–H groups in total. The molecule has 1 aliphatic rings. The normalized spacial score (nSPS) is 14.4. The Kier molecular flexibility index (Phi) is 4.54. The summed E-state index contributed by atoms with van der Waals surface area (Å²) in [6.07, 6.45) is 10.3. The number of pyridine rings is 3. The van der Waals surface area contributed by atoms with E-state index in [-0.39, 0.29) is 0 Å². The standard InChI is InChI=1S/C20H19N7S/c1-2-4-13(3-1)19-26-27-20(28-19)25-18-6-5-16-17(24-18)11-15(12-22-16)23-14-7-9-21-10-8-14/h5-13H,1-4H2,(H,21,23)(H,24,25,27). The van der Waals surface area contributed by atoms with Crippen LogP contribution in [0.25, 0.3) is 11.0 Å². The number of nitrogens with zero attached hydrogens (tertiary/aromatic N) is 5. The fourth-order valence-electron chi connectivity index (χ4n) is 3.48. The Morgan fingerprint density at radius 3 is 2.61 bits per heavy atom. The van der Waals surface area contributed by atoms with Crippen molar-refractivity contribution in [3.05, 3.63) is 53.9 Å². The Morgan fingerprint density at radius 1 is 0.893 bits per heavy atom. The minimum absolute atomic E-state index is 0.573. The van der Waals surface area contributed by atoms with E-state index < -0.39 is 0 Å². The lowest BCUT2D eigenvalue weighted by atomic mass is 10.1. The molecule has 7 nitrogen and oxygen atoms in total. The molecular weight excluding hydrogens is 370 g/mol. The second-order valence-corrected chi connectivity index (χ2v) is 7.88. The average Bonchev–Trinajstić information content (AvgIpc) is 3.40. The molecule has 4 aromatic rings. The second-order valence-electron chi connectivity index (χ2n) is 6.87. The maximum atomic E-state index is 4.69. The third-order valence-electron chi connectivity index (χ3n) is 4.89. The zero-order valence-electron chi connectivity index (χ0n) is 15.2. The molecule has 4 aromatic heterocycles. The summed E-state index contributed by atoms with van der Waals surface area (Å²) in [4.78, 5) is 13.2. The average molecular weight is 389 g/mol. The molecule has 0 saturated heterocycles. The van der Waals surface area contributed by atoms with Crippen molar-refractivity contribution in [2.45, 2.75) is 31.6 Å². The van der Waals surface area contributed by atoms with Gasteiger partial charge < -0.3 is 10.6 Å². The fourth-order valence-corrected chi connectivity index (χ4v) is 4.40. The topological polar surface area (TPSA) is 88.5 Å². The number of anilines is 4. The molecule has 1 saturated carbocycles. The first kappa shape index (κ1) is 17.0. The van der Waals surface area contributed by atoms with Gasteiger partial charge in [0, 0.05) is 24.0 Å². The van der Waals surface area contributed by atoms with Gasteiger partial charge in [0.05, 0.1) is 22.9 Å². The molecule has 0 unspecified atom stereocenters. The molecule has 1 aliphatic carbocycles. The molecule has 5 rings (SSSR count). The molecule has 28 heavy (non-hydrogen) atoms. The molecule has 0 aliphatic heterocycles. The van der Waals surface area contributed by atoms with Crippen LogP contribution in [-0.4, -0.2) is 25.1 Å². The highest BCUT2D eigenvalue weighted by Gasteiger charge is 2.21. The van der Waals surface area contributed by atoms with Gasteiger partial charge in [0.2, 0.25) is 5.13 Å². The lowest BCUT2D eigenvalue weighted by molar-refractivity contribution is 0.705. The summed E-state index contributed by atoms with van der Waals surface area (Å²) in [5.41, 5.74) is 3.49. The highest BCUT2D eigenvalue weighted by Crippen LogP contribution is 2.36. The molecule has 4 heterocycles. The first-order chi connectivity index (χ1) is 13.8. The molecule has 140 valence electrons.